The van der Waals surface area contributed by atoms with Gasteiger partial charge in [0.2, 0.25) is 0 Å². The van der Waals surface area contributed by atoms with Crippen molar-refractivity contribution in [2.45, 2.75) is 0 Å². The fourth-order valence-electron chi connectivity index (χ4n) is 0. The molecule has 12 nitrogen and oxygen atoms in total. The second-order valence-electron chi connectivity index (χ2n) is 1.22. The molecule has 102 valence electrons. The van der Waals surface area contributed by atoms with Crippen LogP contribution in [0.3, 0.4) is 0 Å². The van der Waals surface area contributed by atoms with Crippen molar-refractivity contribution >= 4 is 42.2 Å². The summed E-state index contributed by atoms with van der Waals surface area (Å²) in [5.41, 5.74) is 0. The summed E-state index contributed by atoms with van der Waals surface area (Å²) in [4.78, 5) is 0. The molecule has 0 rings (SSSR count). The molecule has 0 unspecified atom stereocenters. The molecular weight excluding hydrogens is 372 g/mol. The van der Waals surface area contributed by atoms with E-state index in [4.69, 9.17) is 52.6 Å². The average molecular weight is 372 g/mol. The van der Waals surface area contributed by atoms with E-state index in [0.717, 1.165) is 0 Å². The van der Waals surface area contributed by atoms with Crippen molar-refractivity contribution in [3.05, 3.63) is 0 Å². The molecule has 0 atom stereocenters. The van der Waals surface area contributed by atoms with Crippen molar-refractivity contribution in [2.24, 2.45) is 0 Å². The summed E-state index contributed by atoms with van der Waals surface area (Å²) in [6, 6.07) is 0. The fraction of sp³-hybridized carbons (Fsp3) is 0. The molecule has 0 N–H and O–H groups in total. The molecule has 0 bridgehead atoms. The van der Waals surface area contributed by atoms with Crippen molar-refractivity contribution in [1.82, 2.24) is 0 Å². The van der Waals surface area contributed by atoms with Gasteiger partial charge in [-0.1, -0.05) is 0 Å². The Morgan fingerprint density at radius 1 is 0.471 bits per heavy atom. The van der Waals surface area contributed by atoms with E-state index in [1.807, 2.05) is 0 Å². The van der Waals surface area contributed by atoms with Gasteiger partial charge in [0, 0.05) is 31.2 Å². The molecule has 0 saturated heterocycles. The minimum atomic E-state index is -5.17. The van der Waals surface area contributed by atoms with E-state index in [-0.39, 0.29) is 28.0 Å². The smallest absolute Gasteiger partial charge is 0.759 e. The third-order valence-corrected chi connectivity index (χ3v) is 0. The predicted octanol–water partition coefficient (Wildman–Crippen LogP) is -4.40. The molecule has 0 aliphatic rings. The van der Waals surface area contributed by atoms with Gasteiger partial charge >= 0.3 is 28.0 Å². The van der Waals surface area contributed by atoms with Gasteiger partial charge in [0.15, 0.2) is 0 Å². The second-order valence-corrected chi connectivity index (χ2v) is 3.67. The van der Waals surface area contributed by atoms with Gasteiger partial charge in [-0.05, 0) is 0 Å². The molecule has 0 radical (unpaired) electrons. The van der Waals surface area contributed by atoms with E-state index in [0.29, 0.717) is 0 Å². The third-order valence-electron chi connectivity index (χ3n) is 0. The van der Waals surface area contributed by atoms with Gasteiger partial charge in [-0.2, -0.15) is 0 Å². The minimum absolute atomic E-state index is 0. The van der Waals surface area contributed by atoms with Crippen LogP contribution in [-0.4, -0.2) is 63.5 Å². The molecule has 0 saturated carbocycles. The van der Waals surface area contributed by atoms with Crippen LogP contribution in [0.2, 0.25) is 0 Å². The van der Waals surface area contributed by atoms with Crippen LogP contribution >= 0.6 is 0 Å². The Labute approximate surface area is 112 Å². The SMILES string of the molecule is O=S(=O)([O-])[O-].O=S(=O)([O-])[O-].O=S(=O)([O-])[O-].[Fe+2].[Si+4]. The predicted molar refractivity (Wildman–Crippen MR) is 37.2 cm³/mol. The zero-order valence-corrected chi connectivity index (χ0v) is 11.5. The van der Waals surface area contributed by atoms with Crippen LogP contribution in [0.4, 0.5) is 0 Å². The molecule has 17 heteroatoms. The van der Waals surface area contributed by atoms with Gasteiger partial charge in [0.05, 0.1) is 0 Å². The van der Waals surface area contributed by atoms with Gasteiger partial charge in [0.1, 0.15) is 0 Å². The van der Waals surface area contributed by atoms with Crippen molar-refractivity contribution in [1.29, 1.82) is 0 Å². The van der Waals surface area contributed by atoms with E-state index < -0.39 is 31.2 Å². The van der Waals surface area contributed by atoms with Crippen molar-refractivity contribution < 1.29 is 69.6 Å². The molecule has 17 heavy (non-hydrogen) atoms. The third kappa shape index (κ3) is 28000. The average Bonchev–Trinajstić information content (AvgIpc) is 1.41. The van der Waals surface area contributed by atoms with E-state index in [1.165, 1.54) is 0 Å². The summed E-state index contributed by atoms with van der Waals surface area (Å²) in [6.07, 6.45) is 0. The van der Waals surface area contributed by atoms with Crippen molar-refractivity contribution in [3.63, 3.8) is 0 Å². The summed E-state index contributed by atoms with van der Waals surface area (Å²) < 4.78 is 102. The molecule has 0 aliphatic heterocycles. The molecule has 0 aromatic rings. The Hall–Kier alpha value is 0.346. The zero-order valence-electron chi connectivity index (χ0n) is 6.98. The normalized spacial score (nSPS) is 10.2. The number of rotatable bonds is 0. The van der Waals surface area contributed by atoms with Crippen LogP contribution < -0.4 is 0 Å². The molecule has 0 aliphatic carbocycles. The molecule has 0 amide bonds. The van der Waals surface area contributed by atoms with Crippen molar-refractivity contribution in [3.8, 4) is 0 Å². The molecule has 0 heterocycles. The first-order valence-electron chi connectivity index (χ1n) is 2.00. The van der Waals surface area contributed by atoms with E-state index in [9.17, 15) is 0 Å². The Balaban J connectivity index is -0.0000000400. The standard InChI is InChI=1S/Fe.3H2O4S.Si/c;3*1-5(2,3)4;/h;3*(H2,1,2,3,4);/q+2;;;;+4/p-6. The zero-order chi connectivity index (χ0) is 13.5. The maximum Gasteiger partial charge on any atom is 4.00 e. The van der Waals surface area contributed by atoms with E-state index >= 15 is 0 Å². The number of hydrogen-bond acceptors (Lipinski definition) is 12. The summed E-state index contributed by atoms with van der Waals surface area (Å²) in [5.74, 6) is 0. The van der Waals surface area contributed by atoms with Gasteiger partial charge in [-0.3, -0.25) is 25.3 Å². The van der Waals surface area contributed by atoms with Crippen molar-refractivity contribution in [2.75, 3.05) is 0 Å². The van der Waals surface area contributed by atoms with Crippen LogP contribution in [0.15, 0.2) is 0 Å². The summed E-state index contributed by atoms with van der Waals surface area (Å²) in [5, 5.41) is 0. The molecule has 0 spiro atoms. The summed E-state index contributed by atoms with van der Waals surface area (Å²) in [6.45, 7) is 0. The Morgan fingerprint density at radius 3 is 0.471 bits per heavy atom. The Bertz CT molecular complexity index is 343. The van der Waals surface area contributed by atoms with Gasteiger partial charge in [0.25, 0.3) is 0 Å². The molecule has 0 aromatic carbocycles. The van der Waals surface area contributed by atoms with E-state index in [2.05, 4.69) is 0 Å². The quantitative estimate of drug-likeness (QED) is 0.222. The van der Waals surface area contributed by atoms with Gasteiger partial charge < -0.3 is 27.3 Å². The molecular formula is FeO12S3Si. The van der Waals surface area contributed by atoms with E-state index in [1.54, 1.807) is 0 Å². The monoisotopic (exact) mass is 372 g/mol. The fourth-order valence-corrected chi connectivity index (χ4v) is 0. The molecule has 0 fully saturated rings. The van der Waals surface area contributed by atoms with Crippen LogP contribution in [-0.2, 0) is 48.3 Å². The van der Waals surface area contributed by atoms with Crippen LogP contribution in [0.1, 0.15) is 0 Å². The largest absolute Gasteiger partial charge is 4.00 e. The first-order valence-corrected chi connectivity index (χ1v) is 6.00. The maximum absolute atomic E-state index is 8.52. The second kappa shape index (κ2) is 11.4. The maximum atomic E-state index is 8.52. The van der Waals surface area contributed by atoms with Gasteiger partial charge in [-0.25, -0.2) is 0 Å². The number of hydrogen-bond donors (Lipinski definition) is 0. The first kappa shape index (κ1) is 30.4. The van der Waals surface area contributed by atoms with Crippen LogP contribution in [0, 0.1) is 0 Å². The minimum Gasteiger partial charge on any atom is -0.759 e. The molecule has 0 aromatic heterocycles. The topological polar surface area (TPSA) is 241 Å². The summed E-state index contributed by atoms with van der Waals surface area (Å²) in [7, 11) is -15.5. The van der Waals surface area contributed by atoms with Crippen LogP contribution in [0.25, 0.3) is 0 Å². The van der Waals surface area contributed by atoms with Gasteiger partial charge in [-0.15, -0.1) is 0 Å². The first-order chi connectivity index (χ1) is 6.00. The van der Waals surface area contributed by atoms with Crippen LogP contribution in [0.5, 0.6) is 0 Å². The Kier molecular flexibility index (Phi) is 20.5. The Morgan fingerprint density at radius 2 is 0.471 bits per heavy atom. The summed E-state index contributed by atoms with van der Waals surface area (Å²) >= 11 is 0.